The molecule has 0 aromatic heterocycles. The van der Waals surface area contributed by atoms with Gasteiger partial charge in [-0.25, -0.2) is 10.4 Å². The Balaban J connectivity index is 1.35. The smallest absolute Gasteiger partial charge is 0.247 e. The van der Waals surface area contributed by atoms with Crippen molar-refractivity contribution in [2.24, 2.45) is 11.8 Å². The fourth-order valence-corrected chi connectivity index (χ4v) is 4.99. The molecule has 0 aliphatic carbocycles. The lowest BCUT2D eigenvalue weighted by Crippen LogP contribution is -2.56. The highest BCUT2D eigenvalue weighted by Gasteiger charge is 2.50. The lowest BCUT2D eigenvalue weighted by molar-refractivity contribution is -0.130. The number of carbonyl (C=O) groups excluding carboxylic acids is 2. The highest BCUT2D eigenvalue weighted by Crippen LogP contribution is 2.32. The molecular weight excluding hydrogens is 440 g/mol. The third-order valence-corrected chi connectivity index (χ3v) is 6.82. The predicted molar refractivity (Wildman–Crippen MR) is 134 cm³/mol. The number of nitrogens with one attached hydrogen (secondary N) is 2. The second-order valence-electron chi connectivity index (χ2n) is 9.12. The number of anilines is 1. The van der Waals surface area contributed by atoms with E-state index in [0.29, 0.717) is 26.2 Å². The molecule has 2 heterocycles. The Morgan fingerprint density at radius 2 is 1.63 bits per heavy atom. The van der Waals surface area contributed by atoms with Crippen molar-refractivity contribution < 1.29 is 14.3 Å². The Morgan fingerprint density at radius 1 is 0.943 bits per heavy atom. The Morgan fingerprint density at radius 3 is 2.31 bits per heavy atom. The molecule has 3 aromatic carbocycles. The Hall–Kier alpha value is -3.68. The maximum atomic E-state index is 13.5. The molecule has 5 rings (SSSR count). The first kappa shape index (κ1) is 23.1. The number of rotatable bonds is 7. The van der Waals surface area contributed by atoms with Crippen LogP contribution in [0.15, 0.2) is 84.9 Å². The molecule has 2 N–H and O–H groups in total. The van der Waals surface area contributed by atoms with E-state index in [-0.39, 0.29) is 29.7 Å². The molecule has 3 aromatic rings. The quantitative estimate of drug-likeness (QED) is 0.556. The monoisotopic (exact) mass is 470 g/mol. The van der Waals surface area contributed by atoms with Crippen molar-refractivity contribution >= 4 is 17.5 Å². The number of ether oxygens (including phenoxy) is 1. The number of likely N-dealkylation sites (tertiary alicyclic amines) is 1. The summed E-state index contributed by atoms with van der Waals surface area (Å²) in [6, 6.07) is 27.1. The predicted octanol–water partition coefficient (Wildman–Crippen LogP) is 2.98. The van der Waals surface area contributed by atoms with Gasteiger partial charge in [-0.2, -0.15) is 0 Å². The molecular formula is C28H30N4O3. The number of para-hydroxylation sites is 1. The van der Waals surface area contributed by atoms with Gasteiger partial charge >= 0.3 is 0 Å². The fraction of sp³-hybridized carbons (Fsp3) is 0.286. The zero-order valence-corrected chi connectivity index (χ0v) is 19.8. The number of carbonyl (C=O) groups is 2. The Kier molecular flexibility index (Phi) is 6.79. The average molecular weight is 471 g/mol. The van der Waals surface area contributed by atoms with Gasteiger partial charge < -0.3 is 10.1 Å². The molecule has 7 nitrogen and oxygen atoms in total. The van der Waals surface area contributed by atoms with Crippen LogP contribution in [0.1, 0.15) is 11.1 Å². The molecule has 2 aliphatic heterocycles. The number of hydrogen-bond donors (Lipinski definition) is 2. The van der Waals surface area contributed by atoms with Crippen LogP contribution in [0.2, 0.25) is 0 Å². The van der Waals surface area contributed by atoms with Gasteiger partial charge in [-0.05, 0) is 35.4 Å². The summed E-state index contributed by atoms with van der Waals surface area (Å²) in [5, 5.41) is 4.71. The number of hydrogen-bond acceptors (Lipinski definition) is 5. The van der Waals surface area contributed by atoms with Crippen molar-refractivity contribution in [1.82, 2.24) is 15.6 Å². The third-order valence-electron chi connectivity index (χ3n) is 6.82. The van der Waals surface area contributed by atoms with Crippen LogP contribution < -0.4 is 20.5 Å². The van der Waals surface area contributed by atoms with E-state index in [1.54, 1.807) is 12.1 Å². The van der Waals surface area contributed by atoms with E-state index in [9.17, 15) is 9.59 Å². The first-order valence-electron chi connectivity index (χ1n) is 11.9. The van der Waals surface area contributed by atoms with E-state index in [0.717, 1.165) is 17.0 Å². The molecule has 2 fully saturated rings. The molecule has 3 atom stereocenters. The van der Waals surface area contributed by atoms with Crippen LogP contribution in [-0.2, 0) is 22.7 Å². The summed E-state index contributed by atoms with van der Waals surface area (Å²) in [6.45, 7) is 2.31. The molecule has 0 spiro atoms. The zero-order chi connectivity index (χ0) is 24.2. The van der Waals surface area contributed by atoms with Crippen LogP contribution in [-0.4, -0.2) is 43.0 Å². The van der Waals surface area contributed by atoms with Gasteiger partial charge in [0.1, 0.15) is 5.75 Å². The molecule has 2 saturated heterocycles. The summed E-state index contributed by atoms with van der Waals surface area (Å²) in [6.07, 6.45) is 0. The van der Waals surface area contributed by atoms with Crippen molar-refractivity contribution in [3.8, 4) is 5.75 Å². The van der Waals surface area contributed by atoms with Crippen molar-refractivity contribution in [1.29, 1.82) is 0 Å². The maximum absolute atomic E-state index is 13.5. The van der Waals surface area contributed by atoms with Gasteiger partial charge in [0, 0.05) is 26.2 Å². The zero-order valence-electron chi connectivity index (χ0n) is 19.8. The van der Waals surface area contributed by atoms with Gasteiger partial charge in [-0.3, -0.25) is 14.5 Å². The number of fused-ring (bicyclic) bond motifs is 1. The molecule has 7 heteroatoms. The number of nitrogens with zero attached hydrogens (tertiary/aromatic N) is 2. The summed E-state index contributed by atoms with van der Waals surface area (Å²) < 4.78 is 5.22. The lowest BCUT2D eigenvalue weighted by Gasteiger charge is -2.38. The molecule has 0 bridgehead atoms. The molecule has 180 valence electrons. The largest absolute Gasteiger partial charge is 0.497 e. The number of amides is 2. The Bertz CT molecular complexity index is 1150. The topological polar surface area (TPSA) is 73.9 Å². The van der Waals surface area contributed by atoms with E-state index in [2.05, 4.69) is 27.8 Å². The van der Waals surface area contributed by atoms with Crippen LogP contribution in [0, 0.1) is 11.8 Å². The van der Waals surface area contributed by atoms with Gasteiger partial charge in [0.2, 0.25) is 11.8 Å². The van der Waals surface area contributed by atoms with E-state index < -0.39 is 0 Å². The third kappa shape index (κ3) is 5.06. The van der Waals surface area contributed by atoms with Gasteiger partial charge in [0.05, 0.1) is 30.7 Å². The fourth-order valence-electron chi connectivity index (χ4n) is 4.99. The minimum absolute atomic E-state index is 0.00640. The van der Waals surface area contributed by atoms with Crippen LogP contribution in [0.5, 0.6) is 5.75 Å². The molecule has 3 unspecified atom stereocenters. The van der Waals surface area contributed by atoms with Gasteiger partial charge in [-0.15, -0.1) is 0 Å². The summed E-state index contributed by atoms with van der Waals surface area (Å²) in [5.41, 5.74) is 6.32. The Labute approximate surface area is 205 Å². The summed E-state index contributed by atoms with van der Waals surface area (Å²) in [7, 11) is 1.63. The van der Waals surface area contributed by atoms with E-state index in [1.807, 2.05) is 72.8 Å². The van der Waals surface area contributed by atoms with Crippen molar-refractivity contribution in [3.05, 3.63) is 96.1 Å². The van der Waals surface area contributed by atoms with Gasteiger partial charge in [-0.1, -0.05) is 60.7 Å². The van der Waals surface area contributed by atoms with E-state index in [1.165, 1.54) is 5.56 Å². The van der Waals surface area contributed by atoms with Crippen LogP contribution in [0.25, 0.3) is 0 Å². The van der Waals surface area contributed by atoms with E-state index >= 15 is 0 Å². The molecule has 2 aliphatic rings. The standard InChI is InChI=1S/C28H30N4O3/c1-35-23-14-12-20(13-15-23)16-29-27(33)24-18-31(17-21-8-4-2-5-9-21)19-25-26(24)30-32(28(25)34)22-10-6-3-7-11-22/h2-15,24-26,30H,16-19H2,1H3,(H,29,33). The maximum Gasteiger partial charge on any atom is 0.247 e. The average Bonchev–Trinajstić information content (AvgIpc) is 3.24. The number of methoxy groups -OCH3 is 1. The van der Waals surface area contributed by atoms with Crippen LogP contribution >= 0.6 is 0 Å². The van der Waals surface area contributed by atoms with Crippen LogP contribution in [0.4, 0.5) is 5.69 Å². The lowest BCUT2D eigenvalue weighted by atomic mass is 9.83. The summed E-state index contributed by atoms with van der Waals surface area (Å²) >= 11 is 0. The van der Waals surface area contributed by atoms with Gasteiger partial charge in [0.15, 0.2) is 0 Å². The van der Waals surface area contributed by atoms with Crippen LogP contribution in [0.3, 0.4) is 0 Å². The minimum Gasteiger partial charge on any atom is -0.497 e. The molecule has 0 saturated carbocycles. The second-order valence-corrected chi connectivity index (χ2v) is 9.12. The van der Waals surface area contributed by atoms with Crippen molar-refractivity contribution in [2.45, 2.75) is 19.1 Å². The minimum atomic E-state index is -0.367. The summed E-state index contributed by atoms with van der Waals surface area (Å²) in [4.78, 5) is 29.1. The molecule has 0 radical (unpaired) electrons. The number of hydrazine groups is 1. The summed E-state index contributed by atoms with van der Waals surface area (Å²) in [5.74, 6) is 0.0647. The number of piperidine rings is 1. The molecule has 35 heavy (non-hydrogen) atoms. The van der Waals surface area contributed by atoms with E-state index in [4.69, 9.17) is 4.74 Å². The first-order chi connectivity index (χ1) is 17.1. The van der Waals surface area contributed by atoms with Crippen molar-refractivity contribution in [2.75, 3.05) is 25.2 Å². The second kappa shape index (κ2) is 10.3. The first-order valence-corrected chi connectivity index (χ1v) is 11.9. The normalized spacial score (nSPS) is 22.0. The number of benzene rings is 3. The highest BCUT2D eigenvalue weighted by atomic mass is 16.5. The van der Waals surface area contributed by atoms with Crippen molar-refractivity contribution in [3.63, 3.8) is 0 Å². The highest BCUT2D eigenvalue weighted by molar-refractivity contribution is 5.98. The van der Waals surface area contributed by atoms with Gasteiger partial charge in [0.25, 0.3) is 0 Å². The SMILES string of the molecule is COc1ccc(CNC(=O)C2CN(Cc3ccccc3)CC3C(=O)N(c4ccccc4)NC23)cc1. The molecule has 2 amide bonds.